The fourth-order valence-corrected chi connectivity index (χ4v) is 2.05. The molecule has 0 aliphatic carbocycles. The molecule has 4 nitrogen and oxygen atoms in total. The number of nitrogens with zero attached hydrogens (tertiary/aromatic N) is 1. The lowest BCUT2D eigenvalue weighted by molar-refractivity contribution is -0.132. The second-order valence-corrected chi connectivity index (χ2v) is 4.53. The maximum atomic E-state index is 11.0. The highest BCUT2D eigenvalue weighted by atomic mass is 32.2. The minimum atomic E-state index is -1.18. The largest absolute Gasteiger partial charge is 0.510 e. The van der Waals surface area contributed by atoms with Crippen LogP contribution >= 0.6 is 11.8 Å². The number of allylic oxidation sites excluding steroid dienone is 1. The fourth-order valence-electron chi connectivity index (χ4n) is 1.26. The molecule has 2 N–H and O–H groups in total. The minimum Gasteiger partial charge on any atom is -0.510 e. The van der Waals surface area contributed by atoms with Gasteiger partial charge in [-0.2, -0.15) is 11.8 Å². The molecule has 0 aromatic heterocycles. The zero-order valence-corrected chi connectivity index (χ0v) is 11.4. The highest BCUT2D eigenvalue weighted by Gasteiger charge is 2.23. The van der Waals surface area contributed by atoms with Gasteiger partial charge in [-0.1, -0.05) is 18.7 Å². The third-order valence-electron chi connectivity index (χ3n) is 2.24. The van der Waals surface area contributed by atoms with Gasteiger partial charge in [-0.05, 0) is 12.7 Å². The number of rotatable bonds is 6. The molecule has 0 aromatic rings. The standard InChI is InChI=1S/C12H19NO3S/c1-4-6-13-7-10(12(15)16)11(14)9(5-2)8-17-3/h9H,4-6,8H2,1-3H3,(H,15,16)/p+1. The van der Waals surface area contributed by atoms with Gasteiger partial charge in [-0.3, -0.25) is 0 Å². The first-order chi connectivity index (χ1) is 8.08. The lowest BCUT2D eigenvalue weighted by atomic mass is 10.0. The smallest absolute Gasteiger partial charge is 0.354 e. The first kappa shape index (κ1) is 15.9. The predicted octanol–water partition coefficient (Wildman–Crippen LogP) is 3.02. The molecule has 0 fully saturated rings. The summed E-state index contributed by atoms with van der Waals surface area (Å²) >= 11 is 1.57. The van der Waals surface area contributed by atoms with Crippen LogP contribution in [0.15, 0.2) is 11.3 Å². The van der Waals surface area contributed by atoms with Crippen molar-refractivity contribution in [3.63, 3.8) is 0 Å². The molecule has 96 valence electrons. The van der Waals surface area contributed by atoms with Crippen molar-refractivity contribution in [2.75, 3.05) is 18.6 Å². The number of thioether (sulfide) groups is 1. The summed E-state index contributed by atoms with van der Waals surface area (Å²) in [6.45, 7) is 4.38. The second-order valence-electron chi connectivity index (χ2n) is 3.62. The third-order valence-corrected chi connectivity index (χ3v) is 2.98. The maximum absolute atomic E-state index is 11.0. The van der Waals surface area contributed by atoms with E-state index in [4.69, 9.17) is 5.11 Å². The monoisotopic (exact) mass is 258 g/mol. The average molecular weight is 258 g/mol. The van der Waals surface area contributed by atoms with Gasteiger partial charge in [0, 0.05) is 18.1 Å². The Bertz CT molecular complexity index is 341. The molecule has 0 rings (SSSR count). The summed E-state index contributed by atoms with van der Waals surface area (Å²) in [5, 5.41) is 18.9. The van der Waals surface area contributed by atoms with Gasteiger partial charge in [0.15, 0.2) is 0 Å². The molecule has 1 unspecified atom stereocenters. The average Bonchev–Trinajstić information content (AvgIpc) is 2.30. The molecule has 0 saturated carbocycles. The third kappa shape index (κ3) is 5.64. The Hall–Kier alpha value is -1.15. The van der Waals surface area contributed by atoms with Crippen molar-refractivity contribution in [3.8, 4) is 6.07 Å². The number of carbonyl (C=O) groups is 1. The van der Waals surface area contributed by atoms with Crippen molar-refractivity contribution in [2.45, 2.75) is 26.7 Å². The van der Waals surface area contributed by atoms with E-state index in [1.54, 1.807) is 11.8 Å². The molecule has 0 saturated heterocycles. The Morgan fingerprint density at radius 2 is 2.06 bits per heavy atom. The molecule has 0 aromatic carbocycles. The first-order valence-corrected chi connectivity index (χ1v) is 7.05. The molecular weight excluding hydrogens is 238 g/mol. The Balaban J connectivity index is 5.10. The molecule has 1 atom stereocenters. The van der Waals surface area contributed by atoms with E-state index in [0.717, 1.165) is 6.42 Å². The SMILES string of the molecule is CCC[N+]#CC(C(=O)O)=C(O)C(CC)CSC. The highest BCUT2D eigenvalue weighted by Crippen LogP contribution is 2.20. The zero-order valence-electron chi connectivity index (χ0n) is 10.6. The molecule has 17 heavy (non-hydrogen) atoms. The number of aliphatic hydroxyl groups excluding tert-OH is 1. The lowest BCUT2D eigenvalue weighted by Gasteiger charge is -2.12. The van der Waals surface area contributed by atoms with Crippen LogP contribution in [0.2, 0.25) is 0 Å². The number of aliphatic carboxylic acids is 1. The Morgan fingerprint density at radius 3 is 2.47 bits per heavy atom. The van der Waals surface area contributed by atoms with Crippen LogP contribution < -0.4 is 0 Å². The van der Waals surface area contributed by atoms with Crippen LogP contribution in [0.5, 0.6) is 0 Å². The van der Waals surface area contributed by atoms with Crippen molar-refractivity contribution in [2.24, 2.45) is 5.92 Å². The molecule has 0 bridgehead atoms. The molecule has 0 aliphatic rings. The van der Waals surface area contributed by atoms with Gasteiger partial charge in [-0.25, -0.2) is 4.79 Å². The van der Waals surface area contributed by atoms with E-state index in [-0.39, 0.29) is 17.3 Å². The van der Waals surface area contributed by atoms with Gasteiger partial charge in [0.2, 0.25) is 5.57 Å². The molecule has 0 spiro atoms. The van der Waals surface area contributed by atoms with Crippen LogP contribution in [0.3, 0.4) is 0 Å². The van der Waals surface area contributed by atoms with Gasteiger partial charge in [0.1, 0.15) is 5.76 Å². The molecule has 0 aliphatic heterocycles. The fraction of sp³-hybridized carbons (Fsp3) is 0.667. The Labute approximate surface area is 107 Å². The van der Waals surface area contributed by atoms with E-state index in [0.29, 0.717) is 18.7 Å². The van der Waals surface area contributed by atoms with E-state index >= 15 is 0 Å². The van der Waals surface area contributed by atoms with Gasteiger partial charge in [0.05, 0.1) is 0 Å². The van der Waals surface area contributed by atoms with Crippen LogP contribution in [0.1, 0.15) is 26.7 Å². The molecule has 5 heteroatoms. The summed E-state index contributed by atoms with van der Waals surface area (Å²) in [6, 6.07) is 2.44. The summed E-state index contributed by atoms with van der Waals surface area (Å²) in [5.74, 6) is -0.759. The minimum absolute atomic E-state index is 0.116. The highest BCUT2D eigenvalue weighted by molar-refractivity contribution is 7.98. The van der Waals surface area contributed by atoms with Crippen molar-refractivity contribution >= 4 is 17.7 Å². The van der Waals surface area contributed by atoms with Gasteiger partial charge in [0.25, 0.3) is 6.54 Å². The van der Waals surface area contributed by atoms with Crippen molar-refractivity contribution in [3.05, 3.63) is 16.2 Å². The predicted molar refractivity (Wildman–Crippen MR) is 71.9 cm³/mol. The molecule has 0 heterocycles. The summed E-state index contributed by atoms with van der Waals surface area (Å²) in [6.07, 6.45) is 3.44. The van der Waals surface area contributed by atoms with Gasteiger partial charge >= 0.3 is 12.0 Å². The number of carboxylic acid groups (broad SMARTS) is 1. The van der Waals surface area contributed by atoms with E-state index < -0.39 is 5.97 Å². The molecule has 0 radical (unpaired) electrons. The van der Waals surface area contributed by atoms with Crippen LogP contribution in [0, 0.1) is 12.0 Å². The van der Waals surface area contributed by atoms with Gasteiger partial charge < -0.3 is 10.2 Å². The van der Waals surface area contributed by atoms with E-state index in [1.807, 2.05) is 20.1 Å². The van der Waals surface area contributed by atoms with Gasteiger partial charge in [-0.15, -0.1) is 0 Å². The van der Waals surface area contributed by atoms with E-state index in [1.165, 1.54) is 0 Å². The number of hydrogen-bond acceptors (Lipinski definition) is 3. The van der Waals surface area contributed by atoms with Crippen LogP contribution in [-0.4, -0.2) is 34.7 Å². The zero-order chi connectivity index (χ0) is 13.3. The lowest BCUT2D eigenvalue weighted by Crippen LogP contribution is -2.12. The number of carboxylic acids is 1. The topological polar surface area (TPSA) is 61.9 Å². The summed E-state index contributed by atoms with van der Waals surface area (Å²) in [7, 11) is 0. The quantitative estimate of drug-likeness (QED) is 0.437. The van der Waals surface area contributed by atoms with Crippen molar-refractivity contribution < 1.29 is 15.0 Å². The van der Waals surface area contributed by atoms with Crippen LogP contribution in [-0.2, 0) is 4.79 Å². The maximum Gasteiger partial charge on any atom is 0.354 e. The summed E-state index contributed by atoms with van der Waals surface area (Å²) in [4.78, 5) is 14.9. The van der Waals surface area contributed by atoms with Crippen LogP contribution in [0.25, 0.3) is 4.85 Å². The summed E-state index contributed by atoms with van der Waals surface area (Å²) in [5.41, 5.74) is -0.209. The van der Waals surface area contributed by atoms with Crippen molar-refractivity contribution in [1.29, 1.82) is 0 Å². The summed E-state index contributed by atoms with van der Waals surface area (Å²) < 4.78 is 0. The Kier molecular flexibility index (Phi) is 8.34. The normalized spacial score (nSPS) is 13.4. The van der Waals surface area contributed by atoms with E-state index in [9.17, 15) is 9.90 Å². The second kappa shape index (κ2) is 8.94. The number of hydrogen-bond donors (Lipinski definition) is 2. The first-order valence-electron chi connectivity index (χ1n) is 5.66. The van der Waals surface area contributed by atoms with E-state index in [2.05, 4.69) is 10.9 Å². The van der Waals surface area contributed by atoms with Crippen LogP contribution in [0.4, 0.5) is 0 Å². The molecular formula is C12H20NO3S+. The van der Waals surface area contributed by atoms with Crippen molar-refractivity contribution in [1.82, 2.24) is 0 Å². The Morgan fingerprint density at radius 1 is 1.41 bits per heavy atom. The molecule has 0 amide bonds. The number of aliphatic hydroxyl groups is 1.